The molecule has 2 aromatic carbocycles. The second-order valence-electron chi connectivity index (χ2n) is 7.41. The minimum atomic E-state index is -0.222. The van der Waals surface area contributed by atoms with E-state index in [0.29, 0.717) is 6.42 Å². The lowest BCUT2D eigenvalue weighted by molar-refractivity contribution is -0.111. The average molecular weight is 514 g/mol. The molecule has 0 saturated carbocycles. The number of rotatable bonds is 11. The van der Waals surface area contributed by atoms with Gasteiger partial charge in [-0.2, -0.15) is 0 Å². The summed E-state index contributed by atoms with van der Waals surface area (Å²) in [6.45, 7) is 11.2. The predicted octanol–water partition coefficient (Wildman–Crippen LogP) is 5.93. The fourth-order valence-corrected chi connectivity index (χ4v) is 4.93. The molecule has 0 saturated heterocycles. The number of aromatic nitrogens is 2. The second-order valence-corrected chi connectivity index (χ2v) is 9.47. The highest BCUT2D eigenvalue weighted by Crippen LogP contribution is 2.33. The number of nitrogens with one attached hydrogen (secondary N) is 1. The number of thioether (sulfide) groups is 1. The van der Waals surface area contributed by atoms with Crippen LogP contribution in [0, 0.1) is 0 Å². The van der Waals surface area contributed by atoms with Crippen molar-refractivity contribution >= 4 is 50.2 Å². The van der Waals surface area contributed by atoms with Crippen molar-refractivity contribution in [3.05, 3.63) is 71.1 Å². The summed E-state index contributed by atoms with van der Waals surface area (Å²) in [6.07, 6.45) is 4.68. The molecule has 32 heavy (non-hydrogen) atoms. The van der Waals surface area contributed by atoms with E-state index >= 15 is 0 Å². The highest BCUT2D eigenvalue weighted by atomic mass is 79.9. The van der Waals surface area contributed by atoms with Crippen LogP contribution in [0.15, 0.2) is 64.7 Å². The Hall–Kier alpha value is -2.22. The molecule has 3 aromatic rings. The maximum Gasteiger partial charge on any atom is 0.247 e. The van der Waals surface area contributed by atoms with Gasteiger partial charge in [0.25, 0.3) is 0 Å². The molecule has 0 fully saturated rings. The van der Waals surface area contributed by atoms with Crippen LogP contribution in [0.25, 0.3) is 10.9 Å². The SMILES string of the molecule is C=CC(=O)Nc1cc2c(Cc3cccc(Br)c3)ncnc2cc1SCCCN(CC)CC. The van der Waals surface area contributed by atoms with Gasteiger partial charge in [-0.15, -0.1) is 11.8 Å². The Morgan fingerprint density at radius 2 is 2.03 bits per heavy atom. The van der Waals surface area contributed by atoms with Crippen molar-refractivity contribution in [2.75, 3.05) is 30.7 Å². The molecule has 0 aliphatic heterocycles. The van der Waals surface area contributed by atoms with Crippen molar-refractivity contribution in [3.8, 4) is 0 Å². The van der Waals surface area contributed by atoms with Crippen LogP contribution < -0.4 is 5.32 Å². The molecule has 1 amide bonds. The minimum Gasteiger partial charge on any atom is -0.321 e. The number of carbonyl (C=O) groups is 1. The molecule has 5 nitrogen and oxygen atoms in total. The molecule has 3 rings (SSSR count). The molecule has 0 aliphatic rings. The molecule has 168 valence electrons. The average Bonchev–Trinajstić information content (AvgIpc) is 2.79. The molecule has 0 atom stereocenters. The van der Waals surface area contributed by atoms with Gasteiger partial charge in [0.1, 0.15) is 6.33 Å². The molecule has 0 radical (unpaired) electrons. The summed E-state index contributed by atoms with van der Waals surface area (Å²) in [5, 5.41) is 3.92. The maximum atomic E-state index is 12.1. The van der Waals surface area contributed by atoms with Crippen molar-refractivity contribution in [1.82, 2.24) is 14.9 Å². The first-order valence-electron chi connectivity index (χ1n) is 10.8. The number of hydrogen-bond donors (Lipinski definition) is 1. The van der Waals surface area contributed by atoms with Crippen LogP contribution in [0.4, 0.5) is 5.69 Å². The van der Waals surface area contributed by atoms with E-state index in [2.05, 4.69) is 74.7 Å². The van der Waals surface area contributed by atoms with Gasteiger partial charge in [-0.05, 0) is 67.7 Å². The van der Waals surface area contributed by atoms with Gasteiger partial charge in [-0.3, -0.25) is 4.79 Å². The third-order valence-electron chi connectivity index (χ3n) is 5.29. The van der Waals surface area contributed by atoms with E-state index in [1.54, 1.807) is 18.1 Å². The van der Waals surface area contributed by atoms with Gasteiger partial charge >= 0.3 is 0 Å². The van der Waals surface area contributed by atoms with E-state index in [1.807, 2.05) is 18.2 Å². The number of hydrogen-bond acceptors (Lipinski definition) is 5. The van der Waals surface area contributed by atoms with E-state index in [0.717, 1.165) is 69.0 Å². The van der Waals surface area contributed by atoms with E-state index in [1.165, 1.54) is 6.08 Å². The highest BCUT2D eigenvalue weighted by Gasteiger charge is 2.13. The van der Waals surface area contributed by atoms with Crippen molar-refractivity contribution in [1.29, 1.82) is 0 Å². The third-order valence-corrected chi connectivity index (χ3v) is 6.93. The highest BCUT2D eigenvalue weighted by molar-refractivity contribution is 9.10. The molecule has 0 aliphatic carbocycles. The van der Waals surface area contributed by atoms with Crippen LogP contribution >= 0.6 is 27.7 Å². The van der Waals surface area contributed by atoms with Crippen molar-refractivity contribution in [2.24, 2.45) is 0 Å². The summed E-state index contributed by atoms with van der Waals surface area (Å²) < 4.78 is 1.04. The second kappa shape index (κ2) is 12.1. The number of benzene rings is 2. The summed E-state index contributed by atoms with van der Waals surface area (Å²) in [5.74, 6) is 0.745. The number of fused-ring (bicyclic) bond motifs is 1. The molecule has 1 N–H and O–H groups in total. The Balaban J connectivity index is 1.88. The zero-order chi connectivity index (χ0) is 22.9. The standard InChI is InChI=1S/C25H29BrN4OS/c1-4-25(31)29-23-15-20-21(14-18-9-7-10-19(26)13-18)27-17-28-22(20)16-24(23)32-12-8-11-30(5-2)6-3/h4,7,9-10,13,15-17H,1,5-6,8,11-12,14H2,2-3H3,(H,29,31). The molecule has 1 heterocycles. The maximum absolute atomic E-state index is 12.1. The Bertz CT molecular complexity index is 1080. The number of halogens is 1. The van der Waals surface area contributed by atoms with E-state index < -0.39 is 0 Å². The smallest absolute Gasteiger partial charge is 0.247 e. The predicted molar refractivity (Wildman–Crippen MR) is 138 cm³/mol. The van der Waals surface area contributed by atoms with Crippen molar-refractivity contribution in [3.63, 3.8) is 0 Å². The number of nitrogens with zero attached hydrogens (tertiary/aromatic N) is 3. The molecular weight excluding hydrogens is 484 g/mol. The fraction of sp³-hybridized carbons (Fsp3) is 0.320. The van der Waals surface area contributed by atoms with Gasteiger partial charge in [0.15, 0.2) is 0 Å². The summed E-state index contributed by atoms with van der Waals surface area (Å²) >= 11 is 5.28. The van der Waals surface area contributed by atoms with Gasteiger partial charge in [0, 0.05) is 21.2 Å². The fourth-order valence-electron chi connectivity index (χ4n) is 3.53. The lowest BCUT2D eigenvalue weighted by Gasteiger charge is -2.18. The van der Waals surface area contributed by atoms with Gasteiger partial charge in [-0.1, -0.05) is 48.5 Å². The van der Waals surface area contributed by atoms with Gasteiger partial charge in [0.2, 0.25) is 5.91 Å². The van der Waals surface area contributed by atoms with Gasteiger partial charge in [0.05, 0.1) is 16.9 Å². The van der Waals surface area contributed by atoms with Crippen molar-refractivity contribution in [2.45, 2.75) is 31.6 Å². The lowest BCUT2D eigenvalue weighted by Crippen LogP contribution is -2.24. The largest absolute Gasteiger partial charge is 0.321 e. The Labute approximate surface area is 202 Å². The summed E-state index contributed by atoms with van der Waals surface area (Å²) in [7, 11) is 0. The molecule has 0 bridgehead atoms. The van der Waals surface area contributed by atoms with Crippen LogP contribution in [0.2, 0.25) is 0 Å². The van der Waals surface area contributed by atoms with Crippen LogP contribution in [-0.4, -0.2) is 46.2 Å². The third kappa shape index (κ3) is 6.64. The van der Waals surface area contributed by atoms with E-state index in [4.69, 9.17) is 0 Å². The Morgan fingerprint density at radius 3 is 2.75 bits per heavy atom. The van der Waals surface area contributed by atoms with Crippen LogP contribution in [-0.2, 0) is 11.2 Å². The molecular formula is C25H29BrN4OS. The van der Waals surface area contributed by atoms with Gasteiger partial charge < -0.3 is 10.2 Å². The lowest BCUT2D eigenvalue weighted by atomic mass is 10.1. The Kier molecular flexibility index (Phi) is 9.26. The Morgan fingerprint density at radius 1 is 1.22 bits per heavy atom. The van der Waals surface area contributed by atoms with Crippen LogP contribution in [0.3, 0.4) is 0 Å². The topological polar surface area (TPSA) is 58.1 Å². The zero-order valence-electron chi connectivity index (χ0n) is 18.6. The molecule has 1 aromatic heterocycles. The van der Waals surface area contributed by atoms with Gasteiger partial charge in [-0.25, -0.2) is 9.97 Å². The number of amides is 1. The zero-order valence-corrected chi connectivity index (χ0v) is 21.0. The minimum absolute atomic E-state index is 0.222. The molecule has 0 spiro atoms. The first-order valence-corrected chi connectivity index (χ1v) is 12.6. The summed E-state index contributed by atoms with van der Waals surface area (Å²) in [6, 6.07) is 12.3. The van der Waals surface area contributed by atoms with Crippen LogP contribution in [0.1, 0.15) is 31.5 Å². The molecule has 0 unspecified atom stereocenters. The van der Waals surface area contributed by atoms with E-state index in [-0.39, 0.29) is 5.91 Å². The normalized spacial score (nSPS) is 11.1. The van der Waals surface area contributed by atoms with E-state index in [9.17, 15) is 4.79 Å². The first kappa shape index (κ1) is 24.4. The summed E-state index contributed by atoms with van der Waals surface area (Å²) in [5.41, 5.74) is 3.75. The molecule has 7 heteroatoms. The quantitative estimate of drug-likeness (QED) is 0.196. The summed E-state index contributed by atoms with van der Waals surface area (Å²) in [4.78, 5) is 24.6. The number of carbonyl (C=O) groups excluding carboxylic acids is 1. The number of anilines is 1. The first-order chi connectivity index (χ1) is 15.5. The monoisotopic (exact) mass is 512 g/mol. The van der Waals surface area contributed by atoms with Crippen LogP contribution in [0.5, 0.6) is 0 Å². The van der Waals surface area contributed by atoms with Crippen molar-refractivity contribution < 1.29 is 4.79 Å².